The summed E-state index contributed by atoms with van der Waals surface area (Å²) >= 11 is 0. The molecule has 3 rings (SSSR count). The first-order chi connectivity index (χ1) is 12.3. The van der Waals surface area contributed by atoms with Crippen LogP contribution in [-0.2, 0) is 10.0 Å². The van der Waals surface area contributed by atoms with Crippen LogP contribution in [0.15, 0.2) is 70.6 Å². The van der Waals surface area contributed by atoms with E-state index in [1.165, 1.54) is 31.4 Å². The standard InChI is InChI=1S/C18H16N2O5S/c1-13-3-9-16(10-4-13)26(23,24)20-12-11-19(18(20)22)17(21)14-5-7-15(25-2)8-6-14/h3-12H,1-2H3. The van der Waals surface area contributed by atoms with E-state index in [9.17, 15) is 18.0 Å². The van der Waals surface area contributed by atoms with Crippen LogP contribution in [0.1, 0.15) is 15.9 Å². The molecule has 26 heavy (non-hydrogen) atoms. The predicted molar refractivity (Wildman–Crippen MR) is 95.2 cm³/mol. The van der Waals surface area contributed by atoms with Crippen molar-refractivity contribution in [3.63, 3.8) is 0 Å². The number of aryl methyl sites for hydroxylation is 1. The summed E-state index contributed by atoms with van der Waals surface area (Å²) in [5.74, 6) is -0.0658. The van der Waals surface area contributed by atoms with Gasteiger partial charge in [-0.3, -0.25) is 4.79 Å². The van der Waals surface area contributed by atoms with Crippen LogP contribution in [0.25, 0.3) is 0 Å². The Kier molecular flexibility index (Phi) is 4.52. The second kappa shape index (κ2) is 6.64. The van der Waals surface area contributed by atoms with Gasteiger partial charge < -0.3 is 4.74 Å². The zero-order valence-electron chi connectivity index (χ0n) is 14.1. The zero-order chi connectivity index (χ0) is 18.9. The molecule has 0 saturated heterocycles. The number of imidazole rings is 1. The lowest BCUT2D eigenvalue weighted by molar-refractivity contribution is 0.0956. The molecule has 0 aliphatic heterocycles. The normalized spacial score (nSPS) is 11.3. The number of ether oxygens (including phenoxy) is 1. The molecular weight excluding hydrogens is 356 g/mol. The molecule has 0 radical (unpaired) electrons. The Morgan fingerprint density at radius 2 is 1.58 bits per heavy atom. The highest BCUT2D eigenvalue weighted by molar-refractivity contribution is 7.90. The van der Waals surface area contributed by atoms with Crippen LogP contribution in [0.3, 0.4) is 0 Å². The minimum absolute atomic E-state index is 0.0279. The minimum atomic E-state index is -4.08. The van der Waals surface area contributed by atoms with Crippen molar-refractivity contribution in [2.45, 2.75) is 11.8 Å². The Hall–Kier alpha value is -3.13. The smallest absolute Gasteiger partial charge is 0.349 e. The highest BCUT2D eigenvalue weighted by Gasteiger charge is 2.22. The first-order valence-corrected chi connectivity index (χ1v) is 9.09. The largest absolute Gasteiger partial charge is 0.497 e. The fourth-order valence-electron chi connectivity index (χ4n) is 2.39. The van der Waals surface area contributed by atoms with Gasteiger partial charge in [0, 0.05) is 18.0 Å². The van der Waals surface area contributed by atoms with Crippen molar-refractivity contribution in [3.8, 4) is 5.75 Å². The molecular formula is C18H16N2O5S. The maximum absolute atomic E-state index is 12.6. The fourth-order valence-corrected chi connectivity index (χ4v) is 3.61. The summed E-state index contributed by atoms with van der Waals surface area (Å²) in [7, 11) is -2.58. The summed E-state index contributed by atoms with van der Waals surface area (Å²) in [4.78, 5) is 25.0. The van der Waals surface area contributed by atoms with Gasteiger partial charge in [-0.15, -0.1) is 0 Å². The molecule has 0 spiro atoms. The molecule has 3 aromatic rings. The molecule has 0 bridgehead atoms. The number of benzene rings is 2. The number of rotatable bonds is 4. The molecule has 0 unspecified atom stereocenters. The summed E-state index contributed by atoms with van der Waals surface area (Å²) < 4.78 is 31.6. The van der Waals surface area contributed by atoms with Gasteiger partial charge in [0.25, 0.3) is 15.9 Å². The van der Waals surface area contributed by atoms with Gasteiger partial charge in [-0.05, 0) is 43.3 Å². The molecule has 0 saturated carbocycles. The van der Waals surface area contributed by atoms with Crippen molar-refractivity contribution in [1.29, 1.82) is 0 Å². The Labute approximate surface area is 150 Å². The molecule has 0 fully saturated rings. The lowest BCUT2D eigenvalue weighted by Gasteiger charge is -2.05. The van der Waals surface area contributed by atoms with Gasteiger partial charge in [0.1, 0.15) is 5.75 Å². The molecule has 0 N–H and O–H groups in total. The molecule has 0 atom stereocenters. The molecule has 134 valence electrons. The fraction of sp³-hybridized carbons (Fsp3) is 0.111. The van der Waals surface area contributed by atoms with Crippen molar-refractivity contribution in [1.82, 2.24) is 8.54 Å². The van der Waals surface area contributed by atoms with Crippen molar-refractivity contribution in [2.24, 2.45) is 0 Å². The number of methoxy groups -OCH3 is 1. The monoisotopic (exact) mass is 372 g/mol. The minimum Gasteiger partial charge on any atom is -0.497 e. The average Bonchev–Trinajstić information content (AvgIpc) is 3.04. The molecule has 0 aliphatic rings. The van der Waals surface area contributed by atoms with Gasteiger partial charge in [0.05, 0.1) is 12.0 Å². The molecule has 0 aliphatic carbocycles. The first kappa shape index (κ1) is 17.7. The van der Waals surface area contributed by atoms with E-state index in [1.807, 2.05) is 6.92 Å². The molecule has 1 heterocycles. The Morgan fingerprint density at radius 1 is 0.962 bits per heavy atom. The van der Waals surface area contributed by atoms with E-state index in [0.29, 0.717) is 9.72 Å². The van der Waals surface area contributed by atoms with Gasteiger partial charge >= 0.3 is 5.69 Å². The maximum Gasteiger partial charge on any atom is 0.349 e. The highest BCUT2D eigenvalue weighted by Crippen LogP contribution is 2.14. The van der Waals surface area contributed by atoms with Crippen molar-refractivity contribution in [3.05, 3.63) is 82.5 Å². The van der Waals surface area contributed by atoms with Gasteiger partial charge in [-0.25, -0.2) is 17.8 Å². The Bertz CT molecular complexity index is 1110. The van der Waals surface area contributed by atoms with Crippen LogP contribution >= 0.6 is 0 Å². The van der Waals surface area contributed by atoms with Crippen LogP contribution < -0.4 is 10.4 Å². The van der Waals surface area contributed by atoms with Gasteiger partial charge in [-0.2, -0.15) is 3.97 Å². The molecule has 8 heteroatoms. The Balaban J connectivity index is 2.00. The van der Waals surface area contributed by atoms with E-state index in [2.05, 4.69) is 0 Å². The van der Waals surface area contributed by atoms with E-state index in [4.69, 9.17) is 4.74 Å². The van der Waals surface area contributed by atoms with Gasteiger partial charge in [-0.1, -0.05) is 17.7 Å². The zero-order valence-corrected chi connectivity index (χ0v) is 14.9. The van der Waals surface area contributed by atoms with Crippen LogP contribution in [0.2, 0.25) is 0 Å². The third kappa shape index (κ3) is 3.06. The third-order valence-electron chi connectivity index (χ3n) is 3.88. The molecule has 0 amide bonds. The topological polar surface area (TPSA) is 87.4 Å². The third-order valence-corrected chi connectivity index (χ3v) is 5.54. The van der Waals surface area contributed by atoms with Crippen LogP contribution in [0, 0.1) is 6.92 Å². The van der Waals surface area contributed by atoms with E-state index >= 15 is 0 Å². The molecule has 1 aromatic heterocycles. The summed E-state index contributed by atoms with van der Waals surface area (Å²) in [5.41, 5.74) is 0.174. The second-order valence-corrected chi connectivity index (χ2v) is 7.41. The van der Waals surface area contributed by atoms with Crippen LogP contribution in [-0.4, -0.2) is 30.0 Å². The predicted octanol–water partition coefficient (Wildman–Crippen LogP) is 1.89. The van der Waals surface area contributed by atoms with Crippen molar-refractivity contribution in [2.75, 3.05) is 7.11 Å². The maximum atomic E-state index is 12.6. The quantitative estimate of drug-likeness (QED) is 0.698. The number of aromatic nitrogens is 2. The molecule has 2 aromatic carbocycles. The number of carbonyl (C=O) groups is 1. The highest BCUT2D eigenvalue weighted by atomic mass is 32.2. The number of hydrogen-bond donors (Lipinski definition) is 0. The summed E-state index contributed by atoms with van der Waals surface area (Å²) in [6.07, 6.45) is 2.21. The van der Waals surface area contributed by atoms with E-state index in [0.717, 1.165) is 22.5 Å². The Morgan fingerprint density at radius 3 is 2.15 bits per heavy atom. The van der Waals surface area contributed by atoms with E-state index in [1.54, 1.807) is 24.3 Å². The van der Waals surface area contributed by atoms with Crippen molar-refractivity contribution < 1.29 is 17.9 Å². The molecule has 7 nitrogen and oxygen atoms in total. The van der Waals surface area contributed by atoms with Crippen LogP contribution in [0.4, 0.5) is 0 Å². The lowest BCUT2D eigenvalue weighted by Crippen LogP contribution is -2.32. The average molecular weight is 372 g/mol. The van der Waals surface area contributed by atoms with Crippen molar-refractivity contribution >= 4 is 15.9 Å². The van der Waals surface area contributed by atoms with Gasteiger partial charge in [0.2, 0.25) is 0 Å². The summed E-state index contributed by atoms with van der Waals surface area (Å²) in [6, 6.07) is 12.3. The number of hydrogen-bond acceptors (Lipinski definition) is 5. The first-order valence-electron chi connectivity index (χ1n) is 7.65. The van der Waals surface area contributed by atoms with E-state index in [-0.39, 0.29) is 10.5 Å². The van der Waals surface area contributed by atoms with Crippen LogP contribution in [0.5, 0.6) is 5.75 Å². The second-order valence-electron chi connectivity index (χ2n) is 5.60. The lowest BCUT2D eigenvalue weighted by atomic mass is 10.2. The SMILES string of the molecule is COc1ccc(C(=O)n2ccn(S(=O)(=O)c3ccc(C)cc3)c2=O)cc1. The number of nitrogens with zero attached hydrogens (tertiary/aromatic N) is 2. The summed E-state index contributed by atoms with van der Waals surface area (Å²) in [5, 5.41) is 0. The number of carbonyl (C=O) groups excluding carboxylic acids is 1. The summed E-state index contributed by atoms with van der Waals surface area (Å²) in [6.45, 7) is 1.83. The van der Waals surface area contributed by atoms with Gasteiger partial charge in [0.15, 0.2) is 0 Å². The van der Waals surface area contributed by atoms with E-state index < -0.39 is 21.6 Å².